The van der Waals surface area contributed by atoms with Gasteiger partial charge in [0.1, 0.15) is 17.2 Å². The second-order valence-corrected chi connectivity index (χ2v) is 7.57. The highest BCUT2D eigenvalue weighted by Crippen LogP contribution is 2.45. The Kier molecular flexibility index (Phi) is 5.63. The number of fused-ring (bicyclic) bond motifs is 1. The minimum absolute atomic E-state index is 0.0462. The summed E-state index contributed by atoms with van der Waals surface area (Å²) in [6.07, 6.45) is -2.36. The van der Waals surface area contributed by atoms with Gasteiger partial charge in [-0.15, -0.1) is 0 Å². The summed E-state index contributed by atoms with van der Waals surface area (Å²) >= 11 is 0. The Bertz CT molecular complexity index is 1280. The molecule has 0 saturated heterocycles. The van der Waals surface area contributed by atoms with E-state index in [1.54, 1.807) is 0 Å². The smallest absolute Gasteiger partial charge is 0.343 e. The maximum atomic E-state index is 12.6. The first-order valence-corrected chi connectivity index (χ1v) is 9.86. The third kappa shape index (κ3) is 3.99. The lowest BCUT2D eigenvalue weighted by Crippen LogP contribution is -2.30. The summed E-state index contributed by atoms with van der Waals surface area (Å²) in [6.45, 7) is 0. The van der Waals surface area contributed by atoms with Crippen LogP contribution in [0.15, 0.2) is 36.4 Å². The van der Waals surface area contributed by atoms with Crippen LogP contribution < -0.4 is 14.2 Å². The van der Waals surface area contributed by atoms with Gasteiger partial charge in [-0.2, -0.15) is 0 Å². The molecule has 34 heavy (non-hydrogen) atoms. The number of hydrogen-bond acceptors (Lipinski definition) is 11. The molecule has 7 N–H and O–H groups in total. The van der Waals surface area contributed by atoms with E-state index >= 15 is 0 Å². The van der Waals surface area contributed by atoms with Crippen LogP contribution >= 0.6 is 0 Å². The zero-order valence-corrected chi connectivity index (χ0v) is 17.6. The molecule has 0 fully saturated rings. The van der Waals surface area contributed by atoms with Crippen LogP contribution in [0.2, 0.25) is 0 Å². The number of phenols is 6. The molecule has 3 aromatic carbocycles. The third-order valence-corrected chi connectivity index (χ3v) is 5.31. The van der Waals surface area contributed by atoms with E-state index in [1.807, 2.05) is 0 Å². The maximum Gasteiger partial charge on any atom is 0.343 e. The molecule has 0 saturated carbocycles. The van der Waals surface area contributed by atoms with Crippen molar-refractivity contribution in [1.29, 1.82) is 0 Å². The fraction of sp³-hybridized carbons (Fsp3) is 0.174. The van der Waals surface area contributed by atoms with Crippen molar-refractivity contribution in [1.82, 2.24) is 0 Å². The summed E-state index contributed by atoms with van der Waals surface area (Å²) in [4.78, 5) is 12.6. The molecule has 0 aromatic heterocycles. The third-order valence-electron chi connectivity index (χ3n) is 5.31. The quantitative estimate of drug-likeness (QED) is 0.168. The van der Waals surface area contributed by atoms with Gasteiger partial charge in [-0.1, -0.05) is 0 Å². The summed E-state index contributed by atoms with van der Waals surface area (Å²) < 4.78 is 15.8. The van der Waals surface area contributed by atoms with Crippen LogP contribution in [-0.4, -0.2) is 54.9 Å². The number of benzene rings is 3. The van der Waals surface area contributed by atoms with Crippen molar-refractivity contribution in [2.45, 2.75) is 18.6 Å². The molecule has 0 spiro atoms. The van der Waals surface area contributed by atoms with Crippen molar-refractivity contribution in [3.05, 3.63) is 53.1 Å². The number of methoxy groups -OCH3 is 1. The largest absolute Gasteiger partial charge is 0.508 e. The highest BCUT2D eigenvalue weighted by molar-refractivity contribution is 5.93. The number of aromatic hydroxyl groups is 6. The van der Waals surface area contributed by atoms with Crippen LogP contribution in [0.3, 0.4) is 0 Å². The Morgan fingerprint density at radius 3 is 2.26 bits per heavy atom. The minimum Gasteiger partial charge on any atom is -0.508 e. The fourth-order valence-corrected chi connectivity index (χ4v) is 3.63. The number of esters is 1. The van der Waals surface area contributed by atoms with Crippen molar-refractivity contribution >= 4 is 5.97 Å². The summed E-state index contributed by atoms with van der Waals surface area (Å²) in [5.41, 5.74) is 0.160. The van der Waals surface area contributed by atoms with Crippen LogP contribution in [0.1, 0.15) is 27.6 Å². The van der Waals surface area contributed by atoms with Gasteiger partial charge in [-0.3, -0.25) is 0 Å². The molecule has 2 unspecified atom stereocenters. The highest BCUT2D eigenvalue weighted by atomic mass is 16.5. The molecule has 11 heteroatoms. The Balaban J connectivity index is 1.67. The van der Waals surface area contributed by atoms with Gasteiger partial charge in [0.25, 0.3) is 0 Å². The minimum atomic E-state index is -1.20. The van der Waals surface area contributed by atoms with Crippen molar-refractivity contribution in [2.75, 3.05) is 7.11 Å². The Morgan fingerprint density at radius 1 is 0.882 bits per heavy atom. The average Bonchev–Trinajstić information content (AvgIpc) is 2.78. The van der Waals surface area contributed by atoms with Gasteiger partial charge in [-0.05, 0) is 24.3 Å². The molecule has 11 nitrogen and oxygen atoms in total. The highest BCUT2D eigenvalue weighted by Gasteiger charge is 2.33. The first-order chi connectivity index (χ1) is 16.1. The van der Waals surface area contributed by atoms with Crippen LogP contribution in [-0.2, 0) is 6.42 Å². The number of ether oxygens (including phenoxy) is 3. The molecular weight excluding hydrogens is 452 g/mol. The summed E-state index contributed by atoms with van der Waals surface area (Å²) in [5, 5.41) is 70.2. The molecule has 0 aliphatic carbocycles. The van der Waals surface area contributed by atoms with E-state index in [1.165, 1.54) is 13.2 Å². The number of aliphatic hydroxyl groups excluding tert-OH is 1. The molecule has 0 bridgehead atoms. The number of aliphatic hydroxyl groups is 1. The van der Waals surface area contributed by atoms with Gasteiger partial charge in [0.2, 0.25) is 11.5 Å². The average molecular weight is 472 g/mol. The summed E-state index contributed by atoms with van der Waals surface area (Å²) in [6, 6.07) is 6.64. The lowest BCUT2D eigenvalue weighted by molar-refractivity contribution is 0.0195. The van der Waals surface area contributed by atoms with Gasteiger partial charge in [0.15, 0.2) is 29.1 Å². The number of hydrogen-bond donors (Lipinski definition) is 7. The van der Waals surface area contributed by atoms with E-state index in [9.17, 15) is 40.5 Å². The van der Waals surface area contributed by atoms with Gasteiger partial charge >= 0.3 is 5.97 Å². The van der Waals surface area contributed by atoms with Crippen molar-refractivity contribution in [3.8, 4) is 51.7 Å². The maximum absolute atomic E-state index is 12.6. The number of phenolic OH excluding ortho intramolecular Hbond substituents is 6. The molecule has 1 heterocycles. The van der Waals surface area contributed by atoms with E-state index < -0.39 is 46.9 Å². The lowest BCUT2D eigenvalue weighted by atomic mass is 9.93. The molecule has 4 rings (SSSR count). The number of carbonyl (C=O) groups is 1. The van der Waals surface area contributed by atoms with Gasteiger partial charge < -0.3 is 50.0 Å². The molecule has 0 amide bonds. The van der Waals surface area contributed by atoms with E-state index in [0.717, 1.165) is 30.3 Å². The summed E-state index contributed by atoms with van der Waals surface area (Å²) in [7, 11) is 1.21. The summed E-state index contributed by atoms with van der Waals surface area (Å²) in [5.74, 6) is -4.83. The Labute approximate surface area is 191 Å². The molecule has 178 valence electrons. The first kappa shape index (κ1) is 22.7. The van der Waals surface area contributed by atoms with Crippen LogP contribution in [0.25, 0.3) is 0 Å². The molecule has 2 atom stereocenters. The van der Waals surface area contributed by atoms with Gasteiger partial charge in [0, 0.05) is 29.7 Å². The van der Waals surface area contributed by atoms with E-state index in [-0.39, 0.29) is 46.1 Å². The molecule has 3 aromatic rings. The zero-order chi connectivity index (χ0) is 24.7. The normalized spacial score (nSPS) is 16.9. The molecule has 1 aliphatic heterocycles. The predicted octanol–water partition coefficient (Wildman–Crippen LogP) is 2.19. The van der Waals surface area contributed by atoms with Gasteiger partial charge in [-0.25, -0.2) is 4.79 Å². The van der Waals surface area contributed by atoms with E-state index in [4.69, 9.17) is 14.2 Å². The van der Waals surface area contributed by atoms with Crippen LogP contribution in [0.5, 0.6) is 51.7 Å². The van der Waals surface area contributed by atoms with Crippen molar-refractivity contribution < 1.29 is 54.8 Å². The monoisotopic (exact) mass is 472 g/mol. The molecular formula is C23H20O11. The van der Waals surface area contributed by atoms with E-state index in [2.05, 4.69) is 0 Å². The number of rotatable bonds is 4. The standard InChI is InChI=1S/C23H20O11/c1-32-18-5-10(3-15(27)20(18)29)23(31)34-19-4-9(2-14(26)21(19)30)22-16(28)8-12-13(25)6-11(24)7-17(12)33-22/h2-7,16,22,24-30H,8H2,1H3. The Hall–Kier alpha value is -4.51. The van der Waals surface area contributed by atoms with Crippen molar-refractivity contribution in [3.63, 3.8) is 0 Å². The first-order valence-electron chi connectivity index (χ1n) is 9.86. The van der Waals surface area contributed by atoms with Crippen molar-refractivity contribution in [2.24, 2.45) is 0 Å². The second-order valence-electron chi connectivity index (χ2n) is 7.57. The zero-order valence-electron chi connectivity index (χ0n) is 17.6. The lowest BCUT2D eigenvalue weighted by Gasteiger charge is -2.31. The van der Waals surface area contributed by atoms with Crippen LogP contribution in [0, 0.1) is 0 Å². The van der Waals surface area contributed by atoms with E-state index in [0.29, 0.717) is 0 Å². The molecule has 1 aliphatic rings. The number of carbonyl (C=O) groups excluding carboxylic acids is 1. The SMILES string of the molecule is COc1cc(C(=O)Oc2cc(C3Oc4cc(O)cc(O)c4CC3O)cc(O)c2O)cc(O)c1O. The Morgan fingerprint density at radius 2 is 1.56 bits per heavy atom. The topological polar surface area (TPSA) is 186 Å². The van der Waals surface area contributed by atoms with Gasteiger partial charge in [0.05, 0.1) is 18.8 Å². The molecule has 0 radical (unpaired) electrons. The fourth-order valence-electron chi connectivity index (χ4n) is 3.63. The van der Waals surface area contributed by atoms with Crippen LogP contribution in [0.4, 0.5) is 0 Å². The predicted molar refractivity (Wildman–Crippen MR) is 114 cm³/mol. The second kappa shape index (κ2) is 8.45.